The Morgan fingerprint density at radius 2 is 2.12 bits per heavy atom. The monoisotopic (exact) mass is 239 g/mol. The van der Waals surface area contributed by atoms with E-state index >= 15 is 0 Å². The van der Waals surface area contributed by atoms with Gasteiger partial charge in [-0.3, -0.25) is 24.6 Å². The maximum Gasteiger partial charge on any atom is 0.246 e. The molecule has 1 saturated carbocycles. The van der Waals surface area contributed by atoms with E-state index in [1.54, 1.807) is 6.92 Å². The van der Waals surface area contributed by atoms with E-state index in [0.717, 1.165) is 12.8 Å². The molecule has 0 aromatic heterocycles. The minimum atomic E-state index is -0.535. The molecule has 94 valence electrons. The van der Waals surface area contributed by atoms with Gasteiger partial charge in [0.15, 0.2) is 0 Å². The van der Waals surface area contributed by atoms with Crippen LogP contribution in [0.3, 0.4) is 0 Å². The quantitative estimate of drug-likeness (QED) is 0.603. The fourth-order valence-corrected chi connectivity index (χ4v) is 1.90. The van der Waals surface area contributed by atoms with Crippen molar-refractivity contribution in [3.8, 4) is 0 Å². The van der Waals surface area contributed by atoms with Gasteiger partial charge in [0, 0.05) is 12.6 Å². The van der Waals surface area contributed by atoms with E-state index in [4.69, 9.17) is 0 Å². The molecule has 17 heavy (non-hydrogen) atoms. The first-order valence-corrected chi connectivity index (χ1v) is 5.98. The largest absolute Gasteiger partial charge is 0.352 e. The summed E-state index contributed by atoms with van der Waals surface area (Å²) >= 11 is 0. The fourth-order valence-electron chi connectivity index (χ4n) is 1.90. The van der Waals surface area contributed by atoms with Crippen molar-refractivity contribution in [3.05, 3.63) is 0 Å². The number of nitrogens with one attached hydrogen (secondary N) is 2. The number of carbonyl (C=O) groups excluding carboxylic acids is 3. The van der Waals surface area contributed by atoms with Crippen LogP contribution < -0.4 is 10.6 Å². The summed E-state index contributed by atoms with van der Waals surface area (Å²) < 4.78 is 0. The first-order valence-electron chi connectivity index (χ1n) is 5.98. The van der Waals surface area contributed by atoms with Gasteiger partial charge in [0.1, 0.15) is 0 Å². The minimum absolute atomic E-state index is 0.0950. The predicted molar refractivity (Wildman–Crippen MR) is 60.0 cm³/mol. The Balaban J connectivity index is 1.77. The van der Waals surface area contributed by atoms with Gasteiger partial charge in [-0.25, -0.2) is 0 Å². The third kappa shape index (κ3) is 2.82. The van der Waals surface area contributed by atoms with E-state index in [1.807, 2.05) is 0 Å². The molecule has 0 aromatic rings. The minimum Gasteiger partial charge on any atom is -0.352 e. The van der Waals surface area contributed by atoms with Crippen molar-refractivity contribution >= 4 is 17.7 Å². The summed E-state index contributed by atoms with van der Waals surface area (Å²) in [5, 5.41) is 5.65. The van der Waals surface area contributed by atoms with Gasteiger partial charge in [0.25, 0.3) is 0 Å². The number of hydrogen-bond donors (Lipinski definition) is 2. The van der Waals surface area contributed by atoms with Crippen LogP contribution in [0.5, 0.6) is 0 Å². The van der Waals surface area contributed by atoms with Crippen molar-refractivity contribution in [1.29, 1.82) is 0 Å². The Kier molecular flexibility index (Phi) is 3.42. The zero-order valence-electron chi connectivity index (χ0n) is 9.86. The van der Waals surface area contributed by atoms with Crippen LogP contribution in [0.1, 0.15) is 26.2 Å². The highest BCUT2D eigenvalue weighted by Gasteiger charge is 2.37. The summed E-state index contributed by atoms with van der Waals surface area (Å²) in [4.78, 5) is 35.8. The molecule has 2 fully saturated rings. The maximum absolute atomic E-state index is 11.7. The normalized spacial score (nSPS) is 24.3. The van der Waals surface area contributed by atoms with Gasteiger partial charge >= 0.3 is 0 Å². The lowest BCUT2D eigenvalue weighted by Crippen LogP contribution is -2.43. The second-order valence-corrected chi connectivity index (χ2v) is 4.46. The van der Waals surface area contributed by atoms with Crippen LogP contribution >= 0.6 is 0 Å². The first-order chi connectivity index (χ1) is 8.11. The van der Waals surface area contributed by atoms with Crippen LogP contribution in [-0.2, 0) is 14.4 Å². The number of rotatable bonds is 5. The molecular weight excluding hydrogens is 222 g/mol. The number of imide groups is 1. The molecule has 1 saturated heterocycles. The summed E-state index contributed by atoms with van der Waals surface area (Å²) in [6.07, 6.45) is 2.23. The number of hydrogen-bond acceptors (Lipinski definition) is 4. The highest BCUT2D eigenvalue weighted by Crippen LogP contribution is 2.18. The van der Waals surface area contributed by atoms with Crippen LogP contribution in [0.25, 0.3) is 0 Å². The molecule has 2 N–H and O–H groups in total. The van der Waals surface area contributed by atoms with E-state index in [-0.39, 0.29) is 30.7 Å². The van der Waals surface area contributed by atoms with Crippen LogP contribution in [0.4, 0.5) is 0 Å². The molecule has 6 heteroatoms. The molecule has 0 bridgehead atoms. The van der Waals surface area contributed by atoms with Crippen molar-refractivity contribution in [2.75, 3.05) is 13.1 Å². The predicted octanol–water partition coefficient (Wildman–Crippen LogP) is -0.998. The SMILES string of the molecule is CCN1C(=O)CC(NCC(=O)NC2CC2)C1=O. The Bertz CT molecular complexity index is 352. The Labute approximate surface area is 99.7 Å². The van der Waals surface area contributed by atoms with Gasteiger partial charge in [-0.2, -0.15) is 0 Å². The number of amides is 3. The van der Waals surface area contributed by atoms with Crippen LogP contribution in [0, 0.1) is 0 Å². The summed E-state index contributed by atoms with van der Waals surface area (Å²) in [5.41, 5.74) is 0. The zero-order chi connectivity index (χ0) is 12.4. The standard InChI is InChI=1S/C11H17N3O3/c1-2-14-10(16)5-8(11(14)17)12-6-9(15)13-7-3-4-7/h7-8,12H,2-6H2,1H3,(H,13,15). The molecule has 1 atom stereocenters. The van der Waals surface area contributed by atoms with Crippen molar-refractivity contribution in [2.45, 2.75) is 38.3 Å². The topological polar surface area (TPSA) is 78.5 Å². The molecule has 2 aliphatic rings. The molecular formula is C11H17N3O3. The van der Waals surface area contributed by atoms with Gasteiger partial charge in [0.05, 0.1) is 19.0 Å². The molecule has 0 spiro atoms. The van der Waals surface area contributed by atoms with Gasteiger partial charge in [0.2, 0.25) is 17.7 Å². The van der Waals surface area contributed by atoms with Gasteiger partial charge < -0.3 is 5.32 Å². The average Bonchev–Trinajstić information content (AvgIpc) is 3.03. The summed E-state index contributed by atoms with van der Waals surface area (Å²) in [6, 6.07) is -0.218. The molecule has 1 aliphatic carbocycles. The highest BCUT2D eigenvalue weighted by molar-refractivity contribution is 6.05. The lowest BCUT2D eigenvalue weighted by atomic mass is 10.2. The molecule has 0 radical (unpaired) electrons. The van der Waals surface area contributed by atoms with Gasteiger partial charge in [-0.05, 0) is 19.8 Å². The fraction of sp³-hybridized carbons (Fsp3) is 0.727. The molecule has 2 rings (SSSR count). The summed E-state index contributed by atoms with van der Waals surface area (Å²) in [5.74, 6) is -0.503. The number of nitrogens with zero attached hydrogens (tertiary/aromatic N) is 1. The van der Waals surface area contributed by atoms with Crippen LogP contribution in [0.2, 0.25) is 0 Å². The molecule has 3 amide bonds. The highest BCUT2D eigenvalue weighted by atomic mass is 16.2. The average molecular weight is 239 g/mol. The van der Waals surface area contributed by atoms with Crippen LogP contribution in [-0.4, -0.2) is 47.8 Å². The van der Waals surface area contributed by atoms with Crippen molar-refractivity contribution in [3.63, 3.8) is 0 Å². The smallest absolute Gasteiger partial charge is 0.246 e. The lowest BCUT2D eigenvalue weighted by molar-refractivity contribution is -0.138. The Morgan fingerprint density at radius 3 is 2.65 bits per heavy atom. The van der Waals surface area contributed by atoms with Crippen molar-refractivity contribution in [1.82, 2.24) is 15.5 Å². The first kappa shape index (κ1) is 12.0. The van der Waals surface area contributed by atoms with E-state index < -0.39 is 6.04 Å². The summed E-state index contributed by atoms with van der Waals surface area (Å²) in [6.45, 7) is 2.25. The third-order valence-corrected chi connectivity index (χ3v) is 3.01. The number of likely N-dealkylation sites (tertiary alicyclic amines) is 1. The molecule has 0 aromatic carbocycles. The van der Waals surface area contributed by atoms with Crippen LogP contribution in [0.15, 0.2) is 0 Å². The summed E-state index contributed by atoms with van der Waals surface area (Å²) in [7, 11) is 0. The van der Waals surface area contributed by atoms with Gasteiger partial charge in [-0.15, -0.1) is 0 Å². The Morgan fingerprint density at radius 1 is 1.41 bits per heavy atom. The molecule has 6 nitrogen and oxygen atoms in total. The molecule has 1 aliphatic heterocycles. The second-order valence-electron chi connectivity index (χ2n) is 4.46. The van der Waals surface area contributed by atoms with E-state index in [2.05, 4.69) is 10.6 Å². The van der Waals surface area contributed by atoms with Gasteiger partial charge in [-0.1, -0.05) is 0 Å². The Hall–Kier alpha value is -1.43. The zero-order valence-corrected chi connectivity index (χ0v) is 9.86. The van der Waals surface area contributed by atoms with E-state index in [9.17, 15) is 14.4 Å². The van der Waals surface area contributed by atoms with E-state index in [1.165, 1.54) is 4.90 Å². The number of likely N-dealkylation sites (N-methyl/N-ethyl adjacent to an activating group) is 1. The second kappa shape index (κ2) is 4.83. The molecule has 1 heterocycles. The maximum atomic E-state index is 11.7. The van der Waals surface area contributed by atoms with Crippen molar-refractivity contribution < 1.29 is 14.4 Å². The molecule has 1 unspecified atom stereocenters. The number of carbonyl (C=O) groups is 3. The lowest BCUT2D eigenvalue weighted by Gasteiger charge is -2.12. The van der Waals surface area contributed by atoms with E-state index in [0.29, 0.717) is 12.6 Å². The third-order valence-electron chi connectivity index (χ3n) is 3.01. The van der Waals surface area contributed by atoms with Crippen molar-refractivity contribution in [2.24, 2.45) is 0 Å².